The van der Waals surface area contributed by atoms with Crippen molar-refractivity contribution in [3.05, 3.63) is 69.4 Å². The average Bonchev–Trinajstić information content (AvgIpc) is 2.96. The molecule has 0 unspecified atom stereocenters. The van der Waals surface area contributed by atoms with Gasteiger partial charge >= 0.3 is 0 Å². The molecule has 0 amide bonds. The molecule has 2 rings (SSSR count). The zero-order chi connectivity index (χ0) is 33.8. The van der Waals surface area contributed by atoms with E-state index in [1.54, 1.807) is 13.8 Å². The monoisotopic (exact) mass is 626 g/mol. The van der Waals surface area contributed by atoms with Crippen LogP contribution < -0.4 is 5.73 Å². The van der Waals surface area contributed by atoms with Gasteiger partial charge in [-0.1, -0.05) is 111 Å². The Bertz CT molecular complexity index is 1170. The summed E-state index contributed by atoms with van der Waals surface area (Å²) in [6, 6.07) is 12.3. The maximum atomic E-state index is 12.1. The third kappa shape index (κ3) is 16.0. The molecule has 0 saturated heterocycles. The molecule has 5 heteroatoms. The van der Waals surface area contributed by atoms with Gasteiger partial charge in [-0.2, -0.15) is 0 Å². The van der Waals surface area contributed by atoms with Crippen LogP contribution in [0.4, 0.5) is 5.69 Å². The molecule has 0 aliphatic heterocycles. The molecule has 2 aromatic carbocycles. The number of hydrogen-bond donors (Lipinski definition) is 1. The molecule has 4 nitrogen and oxygen atoms in total. The molecular weight excluding hydrogens is 564 g/mol. The highest BCUT2D eigenvalue weighted by atomic mass is 35.5. The van der Waals surface area contributed by atoms with Crippen LogP contribution in [0, 0.1) is 18.8 Å². The second-order valence-electron chi connectivity index (χ2n) is 12.4. The Hall–Kier alpha value is -2.43. The minimum atomic E-state index is -0.0374. The highest BCUT2D eigenvalue weighted by Gasteiger charge is 2.14. The van der Waals surface area contributed by atoms with E-state index in [0.29, 0.717) is 23.1 Å². The summed E-state index contributed by atoms with van der Waals surface area (Å²) in [4.78, 5) is 17.1. The van der Waals surface area contributed by atoms with Gasteiger partial charge in [0.15, 0.2) is 5.78 Å². The number of nitrogens with two attached hydrogens (primary N) is 1. The van der Waals surface area contributed by atoms with E-state index < -0.39 is 0 Å². The number of carbonyl (C=O) groups excluding carboxylic acids is 1. The van der Waals surface area contributed by atoms with E-state index in [0.717, 1.165) is 72.4 Å². The van der Waals surface area contributed by atoms with Gasteiger partial charge in [-0.15, -0.1) is 0 Å². The van der Waals surface area contributed by atoms with Crippen molar-refractivity contribution < 1.29 is 9.53 Å². The Kier molecular flexibility index (Phi) is 21.7. The summed E-state index contributed by atoms with van der Waals surface area (Å²) in [7, 11) is 0. The highest BCUT2D eigenvalue weighted by molar-refractivity contribution is 6.31. The Morgan fingerprint density at radius 2 is 1.50 bits per heavy atom. The first-order valence-corrected chi connectivity index (χ1v) is 17.1. The summed E-state index contributed by atoms with van der Waals surface area (Å²) >= 11 is 6.48. The van der Waals surface area contributed by atoms with Gasteiger partial charge in [-0.3, -0.25) is 9.79 Å². The lowest BCUT2D eigenvalue weighted by Gasteiger charge is -2.14. The number of aliphatic imine (C=N–C) groups is 1. The molecule has 0 aliphatic rings. The molecular formula is C39H63ClN2O2. The fourth-order valence-electron chi connectivity index (χ4n) is 4.37. The van der Waals surface area contributed by atoms with Crippen LogP contribution in [0.1, 0.15) is 136 Å². The first-order chi connectivity index (χ1) is 20.7. The molecule has 2 N–H and O–H groups in total. The molecule has 0 bridgehead atoms. The summed E-state index contributed by atoms with van der Waals surface area (Å²) in [5, 5.41) is 0.833. The maximum absolute atomic E-state index is 12.1. The number of carbonyl (C=O) groups is 1. The summed E-state index contributed by atoms with van der Waals surface area (Å²) in [5.74, 6) is 1.62. The third-order valence-corrected chi connectivity index (χ3v) is 7.95. The zero-order valence-corrected chi connectivity index (χ0v) is 30.8. The van der Waals surface area contributed by atoms with Crippen molar-refractivity contribution >= 4 is 34.4 Å². The number of Topliss-reactive ketones (excluding diaryl/α,β-unsaturated/α-hetero) is 1. The van der Waals surface area contributed by atoms with Gasteiger partial charge in [0, 0.05) is 35.2 Å². The largest absolute Gasteiger partial charge is 0.402 e. The molecule has 0 fully saturated rings. The second kappa shape index (κ2) is 23.0. The predicted octanol–water partition coefficient (Wildman–Crippen LogP) is 11.7. The van der Waals surface area contributed by atoms with E-state index in [1.807, 2.05) is 25.1 Å². The number of halogens is 1. The molecule has 2 aromatic rings. The topological polar surface area (TPSA) is 64.7 Å². The maximum Gasteiger partial charge on any atom is 0.162 e. The van der Waals surface area contributed by atoms with Crippen molar-refractivity contribution in [1.29, 1.82) is 0 Å². The van der Waals surface area contributed by atoms with E-state index in [2.05, 4.69) is 80.5 Å². The van der Waals surface area contributed by atoms with Crippen molar-refractivity contribution in [3.63, 3.8) is 0 Å². The van der Waals surface area contributed by atoms with Gasteiger partial charge < -0.3 is 10.5 Å². The lowest BCUT2D eigenvalue weighted by atomic mass is 9.96. The van der Waals surface area contributed by atoms with Gasteiger partial charge in [-0.25, -0.2) is 0 Å². The normalized spacial score (nSPS) is 12.0. The summed E-state index contributed by atoms with van der Waals surface area (Å²) < 4.78 is 5.13. The molecule has 0 spiro atoms. The van der Waals surface area contributed by atoms with Gasteiger partial charge in [0.1, 0.15) is 0 Å². The van der Waals surface area contributed by atoms with E-state index in [4.69, 9.17) is 27.1 Å². The number of ether oxygens (including phenoxy) is 1. The standard InChI is InChI=1S/C27H35ClN2O.C6H14O.C6H14/c1-16(2)23-12-9-21(14-24(23)28)10-13-25(17(3)4)30-26-15-22(11-8-18(26)5)27(19(6)29)20(7)31;1-3-5-7-6-4-2;1-4-6(3)5-2/h8-9,11-12,14-17H,10,13,29H2,1-7H3;3-6H2,1-2H3;6H,4-5H2,1-3H3/b27-19+,30-25?;;. The van der Waals surface area contributed by atoms with Crippen molar-refractivity contribution in [3.8, 4) is 0 Å². The Balaban J connectivity index is 0.00000118. The highest BCUT2D eigenvalue weighted by Crippen LogP contribution is 2.29. The smallest absolute Gasteiger partial charge is 0.162 e. The van der Waals surface area contributed by atoms with Gasteiger partial charge in [0.05, 0.1) is 5.69 Å². The number of benzene rings is 2. The molecule has 44 heavy (non-hydrogen) atoms. The Morgan fingerprint density at radius 3 is 1.91 bits per heavy atom. The van der Waals surface area contributed by atoms with Gasteiger partial charge in [0.25, 0.3) is 0 Å². The van der Waals surface area contributed by atoms with E-state index in [-0.39, 0.29) is 5.78 Å². The first kappa shape index (κ1) is 41.6. The van der Waals surface area contributed by atoms with Crippen LogP contribution >= 0.6 is 11.6 Å². The van der Waals surface area contributed by atoms with Crippen molar-refractivity contribution in [1.82, 2.24) is 0 Å². The van der Waals surface area contributed by atoms with Crippen LogP contribution in [0.5, 0.6) is 0 Å². The Morgan fingerprint density at radius 1 is 0.909 bits per heavy atom. The van der Waals surface area contributed by atoms with Crippen molar-refractivity contribution in [2.24, 2.45) is 22.6 Å². The molecule has 0 saturated carbocycles. The zero-order valence-electron chi connectivity index (χ0n) is 30.1. The molecule has 0 aliphatic carbocycles. The SMILES string of the molecule is CC(=O)/C(=C(/C)N)c1ccc(C)c(N=C(CCc2ccc(C(C)C)c(Cl)c2)C(C)C)c1.CCC(C)CC.CCCOCCC. The van der Waals surface area contributed by atoms with Crippen LogP contribution in [0.25, 0.3) is 5.57 Å². The third-order valence-electron chi connectivity index (χ3n) is 7.62. The average molecular weight is 627 g/mol. The number of hydrogen-bond acceptors (Lipinski definition) is 4. The predicted molar refractivity (Wildman–Crippen MR) is 196 cm³/mol. The summed E-state index contributed by atoms with van der Waals surface area (Å²) in [5.41, 5.74) is 13.4. The minimum absolute atomic E-state index is 0.0374. The quantitative estimate of drug-likeness (QED) is 0.129. The van der Waals surface area contributed by atoms with Crippen LogP contribution in [0.3, 0.4) is 0 Å². The summed E-state index contributed by atoms with van der Waals surface area (Å²) in [6.45, 7) is 26.8. The van der Waals surface area contributed by atoms with Gasteiger partial charge in [-0.05, 0) is 98.6 Å². The van der Waals surface area contributed by atoms with Crippen molar-refractivity contribution in [2.75, 3.05) is 13.2 Å². The van der Waals surface area contributed by atoms with Crippen LogP contribution in [-0.4, -0.2) is 24.7 Å². The first-order valence-electron chi connectivity index (χ1n) is 16.7. The minimum Gasteiger partial charge on any atom is -0.402 e. The number of aryl methyl sites for hydroxylation is 2. The fraction of sp³-hybridized carbons (Fsp3) is 0.590. The molecule has 0 radical (unpaired) electrons. The van der Waals surface area contributed by atoms with Gasteiger partial charge in [0.2, 0.25) is 0 Å². The lowest BCUT2D eigenvalue weighted by molar-refractivity contribution is -0.111. The number of nitrogens with zero attached hydrogens (tertiary/aromatic N) is 1. The number of rotatable bonds is 14. The number of ketones is 1. The van der Waals surface area contributed by atoms with E-state index in [9.17, 15) is 4.79 Å². The lowest BCUT2D eigenvalue weighted by Crippen LogP contribution is -2.09. The van der Waals surface area contributed by atoms with Crippen molar-refractivity contribution in [2.45, 2.75) is 128 Å². The number of allylic oxidation sites excluding steroid dienone is 2. The van der Waals surface area contributed by atoms with Crippen LogP contribution in [-0.2, 0) is 16.0 Å². The van der Waals surface area contributed by atoms with Crippen LogP contribution in [0.2, 0.25) is 5.02 Å². The van der Waals surface area contributed by atoms with E-state index in [1.165, 1.54) is 24.0 Å². The molecule has 248 valence electrons. The van der Waals surface area contributed by atoms with Crippen LogP contribution in [0.15, 0.2) is 47.1 Å². The summed E-state index contributed by atoms with van der Waals surface area (Å²) in [6.07, 6.45) is 6.67. The van der Waals surface area contributed by atoms with E-state index >= 15 is 0 Å². The fourth-order valence-corrected chi connectivity index (χ4v) is 4.79. The molecule has 0 heterocycles. The Labute approximate surface area is 275 Å². The molecule has 0 atom stereocenters. The second-order valence-corrected chi connectivity index (χ2v) is 12.8. The molecule has 0 aromatic heterocycles.